The van der Waals surface area contributed by atoms with E-state index in [1.54, 1.807) is 11.8 Å². The zero-order chi connectivity index (χ0) is 17.9. The van der Waals surface area contributed by atoms with Crippen molar-refractivity contribution in [2.75, 3.05) is 13.7 Å². The van der Waals surface area contributed by atoms with Gasteiger partial charge in [-0.3, -0.25) is 4.79 Å². The van der Waals surface area contributed by atoms with Gasteiger partial charge in [0.25, 0.3) is 0 Å². The zero-order valence-corrected chi connectivity index (χ0v) is 14.7. The summed E-state index contributed by atoms with van der Waals surface area (Å²) in [6.07, 6.45) is 3.93. The molecule has 1 atom stereocenters. The molecule has 4 rings (SSSR count). The van der Waals surface area contributed by atoms with E-state index in [-0.39, 0.29) is 11.9 Å². The molecule has 2 heterocycles. The average Bonchev–Trinajstić information content (AvgIpc) is 3.37. The number of likely N-dealkylation sites (tertiary alicyclic amines) is 1. The molecule has 1 aliphatic rings. The van der Waals surface area contributed by atoms with Crippen LogP contribution in [-0.4, -0.2) is 44.7 Å². The molecule has 134 valence electrons. The maximum atomic E-state index is 12.8. The summed E-state index contributed by atoms with van der Waals surface area (Å²) >= 11 is 0. The minimum absolute atomic E-state index is 0.104. The number of amides is 1. The standard InChI is InChI=1S/C19H21N5O2/c1-26-18-9-8-15(14-5-2-3-6-16(14)18)17-7-4-11-24(17)19(25)10-12-23-13-20-21-22-23/h2-3,5-6,8-9,13,17H,4,7,10-12H2,1H3/t17-/m0/s1. The summed E-state index contributed by atoms with van der Waals surface area (Å²) in [6, 6.07) is 12.4. The van der Waals surface area contributed by atoms with Gasteiger partial charge in [0, 0.05) is 18.4 Å². The molecule has 0 unspecified atom stereocenters. The van der Waals surface area contributed by atoms with Crippen LogP contribution in [0.1, 0.15) is 30.9 Å². The highest BCUT2D eigenvalue weighted by atomic mass is 16.5. The van der Waals surface area contributed by atoms with Crippen LogP contribution >= 0.6 is 0 Å². The Morgan fingerprint density at radius 3 is 2.85 bits per heavy atom. The van der Waals surface area contributed by atoms with Crippen LogP contribution in [-0.2, 0) is 11.3 Å². The van der Waals surface area contributed by atoms with Gasteiger partial charge in [-0.2, -0.15) is 0 Å². The number of carbonyl (C=O) groups is 1. The molecule has 0 spiro atoms. The van der Waals surface area contributed by atoms with E-state index in [1.807, 2.05) is 23.1 Å². The van der Waals surface area contributed by atoms with E-state index in [2.05, 4.69) is 33.7 Å². The van der Waals surface area contributed by atoms with Crippen LogP contribution in [0.3, 0.4) is 0 Å². The second kappa shape index (κ2) is 7.11. The van der Waals surface area contributed by atoms with Crippen LogP contribution in [0.15, 0.2) is 42.7 Å². The summed E-state index contributed by atoms with van der Waals surface area (Å²) in [5.41, 5.74) is 1.19. The van der Waals surface area contributed by atoms with Gasteiger partial charge in [-0.25, -0.2) is 4.68 Å². The summed E-state index contributed by atoms with van der Waals surface area (Å²) in [5, 5.41) is 13.3. The summed E-state index contributed by atoms with van der Waals surface area (Å²) < 4.78 is 7.09. The molecule has 0 N–H and O–H groups in total. The lowest BCUT2D eigenvalue weighted by Crippen LogP contribution is -2.31. The first-order valence-electron chi connectivity index (χ1n) is 8.84. The molecule has 0 bridgehead atoms. The van der Waals surface area contributed by atoms with Crippen LogP contribution in [0.2, 0.25) is 0 Å². The molecular weight excluding hydrogens is 330 g/mol. The third-order valence-corrected chi connectivity index (χ3v) is 5.02. The van der Waals surface area contributed by atoms with Crippen LogP contribution in [0.4, 0.5) is 0 Å². The third-order valence-electron chi connectivity index (χ3n) is 5.02. The van der Waals surface area contributed by atoms with E-state index in [9.17, 15) is 4.79 Å². The van der Waals surface area contributed by atoms with Crippen molar-refractivity contribution in [3.63, 3.8) is 0 Å². The van der Waals surface area contributed by atoms with E-state index in [0.29, 0.717) is 13.0 Å². The fourth-order valence-corrected chi connectivity index (χ4v) is 3.79. The topological polar surface area (TPSA) is 73.1 Å². The predicted octanol–water partition coefficient (Wildman–Crippen LogP) is 2.59. The smallest absolute Gasteiger partial charge is 0.224 e. The fraction of sp³-hybridized carbons (Fsp3) is 0.368. The molecule has 7 heteroatoms. The van der Waals surface area contributed by atoms with Gasteiger partial charge in [-0.1, -0.05) is 30.3 Å². The quantitative estimate of drug-likeness (QED) is 0.706. The summed E-state index contributed by atoms with van der Waals surface area (Å²) in [4.78, 5) is 14.8. The Hall–Kier alpha value is -2.96. The molecule has 26 heavy (non-hydrogen) atoms. The Balaban J connectivity index is 1.60. The van der Waals surface area contributed by atoms with Crippen LogP contribution in [0.25, 0.3) is 10.8 Å². The Morgan fingerprint density at radius 1 is 1.23 bits per heavy atom. The molecule has 0 aliphatic carbocycles. The average molecular weight is 351 g/mol. The van der Waals surface area contributed by atoms with Gasteiger partial charge in [0.2, 0.25) is 5.91 Å². The number of methoxy groups -OCH3 is 1. The van der Waals surface area contributed by atoms with Gasteiger partial charge in [-0.05, 0) is 40.3 Å². The lowest BCUT2D eigenvalue weighted by molar-refractivity contribution is -0.132. The summed E-state index contributed by atoms with van der Waals surface area (Å²) in [7, 11) is 1.69. The number of carbonyl (C=O) groups excluding carboxylic acids is 1. The van der Waals surface area contributed by atoms with Crippen molar-refractivity contribution in [2.45, 2.75) is 31.8 Å². The number of hydrogen-bond acceptors (Lipinski definition) is 5. The molecule has 0 saturated carbocycles. The molecule has 1 fully saturated rings. The van der Waals surface area contributed by atoms with E-state index in [1.165, 1.54) is 11.9 Å². The molecule has 1 saturated heterocycles. The second-order valence-corrected chi connectivity index (χ2v) is 6.47. The SMILES string of the molecule is COc1ccc([C@@H]2CCCN2C(=O)CCn2cnnn2)c2ccccc12. The van der Waals surface area contributed by atoms with Crippen LogP contribution < -0.4 is 4.74 Å². The Labute approximate surface area is 151 Å². The highest BCUT2D eigenvalue weighted by molar-refractivity contribution is 5.92. The zero-order valence-electron chi connectivity index (χ0n) is 14.7. The van der Waals surface area contributed by atoms with E-state index < -0.39 is 0 Å². The highest BCUT2D eigenvalue weighted by Crippen LogP contribution is 2.38. The van der Waals surface area contributed by atoms with Crippen molar-refractivity contribution in [2.24, 2.45) is 0 Å². The number of nitrogens with zero attached hydrogens (tertiary/aromatic N) is 5. The lowest BCUT2D eigenvalue weighted by atomic mass is 9.96. The lowest BCUT2D eigenvalue weighted by Gasteiger charge is -2.26. The summed E-state index contributed by atoms with van der Waals surface area (Å²) in [5.74, 6) is 1.00. The first-order chi connectivity index (χ1) is 12.8. The Kier molecular flexibility index (Phi) is 4.51. The van der Waals surface area contributed by atoms with Crippen molar-refractivity contribution in [1.29, 1.82) is 0 Å². The van der Waals surface area contributed by atoms with Crippen molar-refractivity contribution in [1.82, 2.24) is 25.1 Å². The monoisotopic (exact) mass is 351 g/mol. The molecule has 1 aliphatic heterocycles. The number of tetrazole rings is 1. The van der Waals surface area contributed by atoms with Crippen molar-refractivity contribution in [3.8, 4) is 5.75 Å². The van der Waals surface area contributed by atoms with Crippen LogP contribution in [0, 0.1) is 0 Å². The van der Waals surface area contributed by atoms with Gasteiger partial charge in [0.1, 0.15) is 12.1 Å². The number of benzene rings is 2. The van der Waals surface area contributed by atoms with Crippen molar-refractivity contribution >= 4 is 16.7 Å². The largest absolute Gasteiger partial charge is 0.496 e. The number of aromatic nitrogens is 4. The number of ether oxygens (including phenoxy) is 1. The van der Waals surface area contributed by atoms with Gasteiger partial charge >= 0.3 is 0 Å². The number of hydrogen-bond donors (Lipinski definition) is 0. The maximum Gasteiger partial charge on any atom is 0.224 e. The summed E-state index contributed by atoms with van der Waals surface area (Å²) in [6.45, 7) is 1.29. The highest BCUT2D eigenvalue weighted by Gasteiger charge is 2.31. The van der Waals surface area contributed by atoms with Crippen molar-refractivity contribution in [3.05, 3.63) is 48.3 Å². The molecule has 7 nitrogen and oxygen atoms in total. The fourth-order valence-electron chi connectivity index (χ4n) is 3.79. The van der Waals surface area contributed by atoms with E-state index in [0.717, 1.165) is 35.9 Å². The Bertz CT molecular complexity index is 909. The second-order valence-electron chi connectivity index (χ2n) is 6.47. The molecule has 2 aromatic carbocycles. The van der Waals surface area contributed by atoms with Gasteiger partial charge in [0.15, 0.2) is 0 Å². The maximum absolute atomic E-state index is 12.8. The number of fused-ring (bicyclic) bond motifs is 1. The molecule has 3 aromatic rings. The third kappa shape index (κ3) is 3.00. The number of rotatable bonds is 5. The van der Waals surface area contributed by atoms with E-state index >= 15 is 0 Å². The molecule has 1 amide bonds. The minimum Gasteiger partial charge on any atom is -0.496 e. The van der Waals surface area contributed by atoms with Gasteiger partial charge in [-0.15, -0.1) is 5.10 Å². The molecule has 0 radical (unpaired) electrons. The van der Waals surface area contributed by atoms with Crippen molar-refractivity contribution < 1.29 is 9.53 Å². The molecule has 1 aromatic heterocycles. The first-order valence-corrected chi connectivity index (χ1v) is 8.84. The van der Waals surface area contributed by atoms with E-state index in [4.69, 9.17) is 4.74 Å². The van der Waals surface area contributed by atoms with Crippen LogP contribution in [0.5, 0.6) is 5.75 Å². The van der Waals surface area contributed by atoms with Gasteiger partial charge < -0.3 is 9.64 Å². The predicted molar refractivity (Wildman–Crippen MR) is 96.6 cm³/mol. The Morgan fingerprint density at radius 2 is 2.08 bits per heavy atom. The normalized spacial score (nSPS) is 17.0. The minimum atomic E-state index is 0.104. The van der Waals surface area contributed by atoms with Gasteiger partial charge in [0.05, 0.1) is 19.7 Å². The first kappa shape index (κ1) is 16.5. The molecular formula is C19H21N5O2. The number of aryl methyl sites for hydroxylation is 1.